The maximum atomic E-state index is 12.5. The SMILES string of the molecule is Cc1cc(C)c(NC(=O)CN(C)c2nc3sccn3c2[N+](=O)[O-])c(C)c1. The number of hydrogen-bond donors (Lipinski definition) is 1. The molecule has 26 heavy (non-hydrogen) atoms. The molecular weight excluding hydrogens is 354 g/mol. The first-order valence-corrected chi connectivity index (χ1v) is 8.84. The molecule has 1 aromatic carbocycles. The van der Waals surface area contributed by atoms with Crippen molar-refractivity contribution in [2.45, 2.75) is 20.8 Å². The lowest BCUT2D eigenvalue weighted by Gasteiger charge is -2.17. The summed E-state index contributed by atoms with van der Waals surface area (Å²) >= 11 is 1.30. The van der Waals surface area contributed by atoms with Gasteiger partial charge in [0.1, 0.15) is 6.20 Å². The van der Waals surface area contributed by atoms with E-state index in [-0.39, 0.29) is 24.1 Å². The minimum atomic E-state index is -0.481. The van der Waals surface area contributed by atoms with Gasteiger partial charge in [0.25, 0.3) is 4.96 Å². The molecule has 9 heteroatoms. The molecule has 2 heterocycles. The number of carbonyl (C=O) groups is 1. The van der Waals surface area contributed by atoms with Gasteiger partial charge in [-0.3, -0.25) is 4.79 Å². The second-order valence-electron chi connectivity index (χ2n) is 6.25. The number of amides is 1. The van der Waals surface area contributed by atoms with E-state index in [1.807, 2.05) is 32.9 Å². The van der Waals surface area contributed by atoms with Gasteiger partial charge in [0, 0.05) is 18.1 Å². The highest BCUT2D eigenvalue weighted by Crippen LogP contribution is 2.30. The van der Waals surface area contributed by atoms with Crippen LogP contribution in [0.5, 0.6) is 0 Å². The Bertz CT molecular complexity index is 984. The van der Waals surface area contributed by atoms with E-state index in [0.29, 0.717) is 4.96 Å². The van der Waals surface area contributed by atoms with E-state index in [9.17, 15) is 14.9 Å². The van der Waals surface area contributed by atoms with Crippen molar-refractivity contribution < 1.29 is 9.72 Å². The van der Waals surface area contributed by atoms with Crippen LogP contribution in [-0.2, 0) is 4.79 Å². The Labute approximate surface area is 154 Å². The molecule has 1 N–H and O–H groups in total. The maximum Gasteiger partial charge on any atom is 0.373 e. The van der Waals surface area contributed by atoms with Gasteiger partial charge >= 0.3 is 5.82 Å². The predicted octanol–water partition coefficient (Wildman–Crippen LogP) is 3.30. The molecule has 136 valence electrons. The molecule has 1 amide bonds. The number of thiazole rings is 1. The summed E-state index contributed by atoms with van der Waals surface area (Å²) < 4.78 is 1.42. The summed E-state index contributed by atoms with van der Waals surface area (Å²) in [5.74, 6) is -0.221. The second-order valence-corrected chi connectivity index (χ2v) is 7.12. The van der Waals surface area contributed by atoms with Crippen molar-refractivity contribution in [2.75, 3.05) is 23.8 Å². The standard InChI is InChI=1S/C17H19N5O3S/c1-10-7-11(2)14(12(3)8-10)18-13(23)9-20(4)15-16(22(24)25)21-5-6-26-17(21)19-15/h5-8H,9H2,1-4H3,(H,18,23). The van der Waals surface area contributed by atoms with Gasteiger partial charge in [-0.25, -0.2) is 0 Å². The molecule has 0 bridgehead atoms. The van der Waals surface area contributed by atoms with Crippen LogP contribution in [0.2, 0.25) is 0 Å². The molecule has 0 aliphatic rings. The number of hydrogen-bond acceptors (Lipinski definition) is 6. The van der Waals surface area contributed by atoms with Crippen molar-refractivity contribution in [3.05, 3.63) is 50.5 Å². The molecule has 3 aromatic rings. The lowest BCUT2D eigenvalue weighted by molar-refractivity contribution is -0.389. The fourth-order valence-corrected chi connectivity index (χ4v) is 3.74. The minimum Gasteiger partial charge on any atom is -0.358 e. The van der Waals surface area contributed by atoms with Crippen LogP contribution in [0.4, 0.5) is 17.3 Å². The van der Waals surface area contributed by atoms with Gasteiger partial charge < -0.3 is 20.3 Å². The first-order valence-electron chi connectivity index (χ1n) is 7.96. The monoisotopic (exact) mass is 373 g/mol. The van der Waals surface area contributed by atoms with E-state index in [4.69, 9.17) is 0 Å². The first kappa shape index (κ1) is 17.9. The average Bonchev–Trinajstić information content (AvgIpc) is 3.10. The van der Waals surface area contributed by atoms with E-state index in [1.54, 1.807) is 18.6 Å². The van der Waals surface area contributed by atoms with Crippen molar-refractivity contribution >= 4 is 39.5 Å². The molecule has 0 aliphatic carbocycles. The summed E-state index contributed by atoms with van der Waals surface area (Å²) in [6.07, 6.45) is 1.60. The zero-order valence-electron chi connectivity index (χ0n) is 14.9. The molecule has 0 fully saturated rings. The Kier molecular flexibility index (Phi) is 4.64. The van der Waals surface area contributed by atoms with Crippen molar-refractivity contribution in [3.8, 4) is 0 Å². The van der Waals surface area contributed by atoms with E-state index < -0.39 is 4.92 Å². The summed E-state index contributed by atoms with van der Waals surface area (Å²) in [6.45, 7) is 5.84. The molecule has 0 saturated carbocycles. The minimum absolute atomic E-state index is 0.0432. The molecular formula is C17H19N5O3S. The Balaban J connectivity index is 1.81. The van der Waals surface area contributed by atoms with Crippen LogP contribution in [0, 0.1) is 30.9 Å². The third-order valence-electron chi connectivity index (χ3n) is 4.08. The molecule has 8 nitrogen and oxygen atoms in total. The molecule has 0 unspecified atom stereocenters. The number of aromatic nitrogens is 2. The highest BCUT2D eigenvalue weighted by molar-refractivity contribution is 7.15. The van der Waals surface area contributed by atoms with Gasteiger partial charge in [0.2, 0.25) is 11.7 Å². The lowest BCUT2D eigenvalue weighted by atomic mass is 10.1. The van der Waals surface area contributed by atoms with Crippen LogP contribution < -0.4 is 10.2 Å². The van der Waals surface area contributed by atoms with Gasteiger partial charge in [-0.15, -0.1) is 0 Å². The van der Waals surface area contributed by atoms with Crippen LogP contribution in [0.25, 0.3) is 4.96 Å². The largest absolute Gasteiger partial charge is 0.373 e. The lowest BCUT2D eigenvalue weighted by Crippen LogP contribution is -2.31. The third-order valence-corrected chi connectivity index (χ3v) is 4.83. The third kappa shape index (κ3) is 3.25. The maximum absolute atomic E-state index is 12.5. The summed E-state index contributed by atoms with van der Waals surface area (Å²) in [5, 5.41) is 16.1. The Morgan fingerprint density at radius 2 is 2.00 bits per heavy atom. The number of benzene rings is 1. The van der Waals surface area contributed by atoms with Crippen molar-refractivity contribution in [1.29, 1.82) is 0 Å². The van der Waals surface area contributed by atoms with Gasteiger partial charge in [-0.2, -0.15) is 9.38 Å². The van der Waals surface area contributed by atoms with Crippen molar-refractivity contribution in [3.63, 3.8) is 0 Å². The Morgan fingerprint density at radius 1 is 1.35 bits per heavy atom. The summed E-state index contributed by atoms with van der Waals surface area (Å²) in [4.78, 5) is 29.7. The van der Waals surface area contributed by atoms with Crippen LogP contribution >= 0.6 is 11.3 Å². The zero-order chi connectivity index (χ0) is 19.0. The number of nitrogens with zero attached hydrogens (tertiary/aromatic N) is 4. The molecule has 0 aliphatic heterocycles. The number of rotatable bonds is 5. The van der Waals surface area contributed by atoms with Gasteiger partial charge in [0.15, 0.2) is 0 Å². The second kappa shape index (κ2) is 6.75. The molecule has 0 spiro atoms. The Morgan fingerprint density at radius 3 is 2.62 bits per heavy atom. The molecule has 0 saturated heterocycles. The zero-order valence-corrected chi connectivity index (χ0v) is 15.8. The van der Waals surface area contributed by atoms with Gasteiger partial charge in [-0.05, 0) is 36.8 Å². The van der Waals surface area contributed by atoms with E-state index in [2.05, 4.69) is 10.3 Å². The van der Waals surface area contributed by atoms with Crippen molar-refractivity contribution in [2.24, 2.45) is 0 Å². The molecule has 0 radical (unpaired) electrons. The number of carbonyl (C=O) groups excluding carboxylic acids is 1. The number of aryl methyl sites for hydroxylation is 3. The van der Waals surface area contributed by atoms with Gasteiger partial charge in [-0.1, -0.05) is 29.0 Å². The fraction of sp³-hybridized carbons (Fsp3) is 0.294. The number of imidazole rings is 1. The predicted molar refractivity (Wildman–Crippen MR) is 102 cm³/mol. The number of anilines is 2. The molecule has 3 rings (SSSR count). The van der Waals surface area contributed by atoms with Crippen LogP contribution in [0.15, 0.2) is 23.7 Å². The van der Waals surface area contributed by atoms with Crippen LogP contribution in [-0.4, -0.2) is 33.8 Å². The molecule has 2 aromatic heterocycles. The van der Waals surface area contributed by atoms with E-state index >= 15 is 0 Å². The average molecular weight is 373 g/mol. The normalized spacial score (nSPS) is 10.9. The topological polar surface area (TPSA) is 92.8 Å². The van der Waals surface area contributed by atoms with E-state index in [0.717, 1.165) is 22.4 Å². The first-order chi connectivity index (χ1) is 12.3. The number of nitro groups is 1. The summed E-state index contributed by atoms with van der Waals surface area (Å²) in [6, 6.07) is 4.00. The smallest absolute Gasteiger partial charge is 0.358 e. The Hall–Kier alpha value is -2.94. The number of nitrogens with one attached hydrogen (secondary N) is 1. The molecule has 0 atom stereocenters. The fourth-order valence-electron chi connectivity index (χ4n) is 3.03. The van der Waals surface area contributed by atoms with Crippen LogP contribution in [0.1, 0.15) is 16.7 Å². The van der Waals surface area contributed by atoms with Crippen molar-refractivity contribution in [1.82, 2.24) is 9.38 Å². The van der Waals surface area contributed by atoms with Crippen LogP contribution in [0.3, 0.4) is 0 Å². The quantitative estimate of drug-likeness (QED) is 0.547. The highest BCUT2D eigenvalue weighted by atomic mass is 32.1. The summed E-state index contributed by atoms with van der Waals surface area (Å²) in [7, 11) is 1.62. The number of fused-ring (bicyclic) bond motifs is 1. The summed E-state index contributed by atoms with van der Waals surface area (Å²) in [5.41, 5.74) is 3.86. The van der Waals surface area contributed by atoms with Gasteiger partial charge in [0.05, 0.1) is 6.54 Å². The van der Waals surface area contributed by atoms with E-state index in [1.165, 1.54) is 20.6 Å². The highest BCUT2D eigenvalue weighted by Gasteiger charge is 2.27. The number of likely N-dealkylation sites (N-methyl/N-ethyl adjacent to an activating group) is 1.